The third-order valence-corrected chi connectivity index (χ3v) is 7.14. The summed E-state index contributed by atoms with van der Waals surface area (Å²) in [5, 5.41) is 10.6. The zero-order valence-corrected chi connectivity index (χ0v) is 32.8. The molecule has 0 spiro atoms. The number of terminal acetylenes is 1. The van der Waals surface area contributed by atoms with Gasteiger partial charge in [-0.25, -0.2) is 4.79 Å². The maximum absolute atomic E-state index is 13.7. The maximum atomic E-state index is 13.7. The summed E-state index contributed by atoms with van der Waals surface area (Å²) in [6, 6.07) is 5.57. The van der Waals surface area contributed by atoms with Gasteiger partial charge in [-0.3, -0.25) is 19.2 Å². The minimum absolute atomic E-state index is 0.0970. The van der Waals surface area contributed by atoms with E-state index in [2.05, 4.69) is 61.5 Å². The van der Waals surface area contributed by atoms with Gasteiger partial charge in [0.25, 0.3) is 0 Å². The Morgan fingerprint density at radius 3 is 1.96 bits per heavy atom. The van der Waals surface area contributed by atoms with Gasteiger partial charge in [-0.15, -0.1) is 18.9 Å². The predicted octanol–water partition coefficient (Wildman–Crippen LogP) is 6.37. The van der Waals surface area contributed by atoms with Crippen LogP contribution in [0, 0.1) is 18.3 Å². The molecule has 3 rings (SSSR count). The number of fused-ring (bicyclic) bond motifs is 1. The summed E-state index contributed by atoms with van der Waals surface area (Å²) in [4.78, 5) is 62.0. The Bertz CT molecular complexity index is 1100. The van der Waals surface area contributed by atoms with E-state index in [-0.39, 0.29) is 23.5 Å². The van der Waals surface area contributed by atoms with E-state index in [1.807, 2.05) is 52.0 Å². The lowest BCUT2D eigenvalue weighted by Gasteiger charge is -2.32. The van der Waals surface area contributed by atoms with Gasteiger partial charge in [-0.2, -0.15) is 0 Å². The molecule has 2 aliphatic rings. The molecular weight excluding hydrogens is 630 g/mol. The summed E-state index contributed by atoms with van der Waals surface area (Å²) in [7, 11) is 1.51. The molecular formula is C40H69N5O5. The fraction of sp³-hybridized carbons (Fsp3) is 0.625. The van der Waals surface area contributed by atoms with Crippen LogP contribution in [0.2, 0.25) is 0 Å². The van der Waals surface area contributed by atoms with Crippen LogP contribution in [-0.2, 0) is 32.0 Å². The lowest BCUT2D eigenvalue weighted by atomic mass is 9.95. The number of likely N-dealkylation sites (tertiary alicyclic amines) is 1. The van der Waals surface area contributed by atoms with E-state index >= 15 is 0 Å². The number of amides is 5. The molecule has 4 N–H and O–H groups in total. The molecule has 0 saturated carbocycles. The summed E-state index contributed by atoms with van der Waals surface area (Å²) in [6.07, 6.45) is 14.3. The van der Waals surface area contributed by atoms with Crippen molar-refractivity contribution >= 4 is 30.0 Å². The predicted molar refractivity (Wildman–Crippen MR) is 208 cm³/mol. The number of benzene rings is 1. The van der Waals surface area contributed by atoms with E-state index in [0.717, 1.165) is 0 Å². The van der Waals surface area contributed by atoms with Crippen LogP contribution >= 0.6 is 0 Å². The number of unbranched alkanes of at least 4 members (excludes halogenated alkanes) is 1. The summed E-state index contributed by atoms with van der Waals surface area (Å²) >= 11 is 0. The third kappa shape index (κ3) is 20.4. The van der Waals surface area contributed by atoms with Gasteiger partial charge in [0.2, 0.25) is 18.2 Å². The molecule has 1 aliphatic heterocycles. The van der Waals surface area contributed by atoms with Gasteiger partial charge in [0, 0.05) is 26.6 Å². The summed E-state index contributed by atoms with van der Waals surface area (Å²) in [5.41, 5.74) is 2.35. The Morgan fingerprint density at radius 1 is 1.00 bits per heavy atom. The second-order valence-corrected chi connectivity index (χ2v) is 11.3. The van der Waals surface area contributed by atoms with Gasteiger partial charge in [0.15, 0.2) is 5.78 Å². The van der Waals surface area contributed by atoms with Crippen LogP contribution < -0.4 is 21.3 Å². The fourth-order valence-corrected chi connectivity index (χ4v) is 5.09. The molecule has 50 heavy (non-hydrogen) atoms. The monoisotopic (exact) mass is 700 g/mol. The topological polar surface area (TPSA) is 137 Å². The molecule has 0 bridgehead atoms. The molecule has 10 nitrogen and oxygen atoms in total. The first-order valence-corrected chi connectivity index (χ1v) is 18.5. The number of carbonyl (C=O) groups is 5. The maximum Gasteiger partial charge on any atom is 0.315 e. The normalized spacial score (nSPS) is 14.7. The number of nitrogens with one attached hydrogen (secondary N) is 4. The number of hydrogen-bond acceptors (Lipinski definition) is 5. The van der Waals surface area contributed by atoms with Gasteiger partial charge in [-0.05, 0) is 62.5 Å². The number of carbonyl (C=O) groups excluding carboxylic acids is 5. The highest BCUT2D eigenvalue weighted by Crippen LogP contribution is 2.31. The molecule has 0 radical (unpaired) electrons. The number of hydrogen-bond donors (Lipinski definition) is 4. The number of nitrogens with zero attached hydrogens (tertiary/aromatic N) is 1. The molecule has 3 atom stereocenters. The summed E-state index contributed by atoms with van der Waals surface area (Å²) in [5.74, 6) is 1.72. The summed E-state index contributed by atoms with van der Waals surface area (Å²) in [6.45, 7) is 22.3. The molecule has 1 aromatic rings. The Labute approximate surface area is 304 Å². The highest BCUT2D eigenvalue weighted by atomic mass is 16.2. The van der Waals surface area contributed by atoms with Gasteiger partial charge >= 0.3 is 6.03 Å². The van der Waals surface area contributed by atoms with E-state index in [0.29, 0.717) is 64.4 Å². The molecule has 3 unspecified atom stereocenters. The van der Waals surface area contributed by atoms with Crippen molar-refractivity contribution in [1.29, 1.82) is 0 Å². The summed E-state index contributed by atoms with van der Waals surface area (Å²) < 4.78 is 0. The molecule has 1 saturated heterocycles. The van der Waals surface area contributed by atoms with Crippen LogP contribution in [0.25, 0.3) is 0 Å². The average molecular weight is 700 g/mol. The number of Topliss-reactive ketones (excluding diaryl/α,β-unsaturated/α-hetero) is 1. The second kappa shape index (κ2) is 33.4. The van der Waals surface area contributed by atoms with E-state index in [1.165, 1.54) is 37.9 Å². The first kappa shape index (κ1) is 50.2. The van der Waals surface area contributed by atoms with Crippen LogP contribution in [0.5, 0.6) is 0 Å². The van der Waals surface area contributed by atoms with Crippen LogP contribution in [0.3, 0.4) is 0 Å². The number of rotatable bonds is 12. The molecule has 1 aliphatic carbocycles. The van der Waals surface area contributed by atoms with Crippen molar-refractivity contribution in [2.45, 2.75) is 138 Å². The van der Waals surface area contributed by atoms with Gasteiger partial charge < -0.3 is 26.2 Å². The van der Waals surface area contributed by atoms with Gasteiger partial charge in [0.05, 0.1) is 6.04 Å². The van der Waals surface area contributed by atoms with Crippen molar-refractivity contribution in [3.63, 3.8) is 0 Å². The van der Waals surface area contributed by atoms with Crippen molar-refractivity contribution in [3.8, 4) is 12.3 Å². The molecule has 284 valence electrons. The van der Waals surface area contributed by atoms with Crippen LogP contribution in [0.4, 0.5) is 4.79 Å². The Hall–Kier alpha value is -4.13. The lowest BCUT2D eigenvalue weighted by Crippen LogP contribution is -2.58. The van der Waals surface area contributed by atoms with E-state index < -0.39 is 24.2 Å². The standard InChI is InChI=1S/C26H34N4O4.C4H7NO.2C3H8.2C2H6/c1-4-5-6-12-21(17(2)31)28-24(32)22-13-9-14-30(22)25(33)23(29-26(34)27-3)20-15-18-10-7-8-11-19(18)16-20;1-2-3-5-4-6;2*1-3-2;2*1-2/h1,7-8,10-11,20-23H,5-6,9,12-16H2,2-3H3,(H,28,32)(H2,27,29,34);2,4H,1,3H2,(H,5,6);2*3H2,1-2H3;2*1-2H3. The van der Waals surface area contributed by atoms with Crippen LogP contribution in [0.15, 0.2) is 36.9 Å². The zero-order chi connectivity index (χ0) is 38.9. The molecule has 1 aromatic carbocycles. The molecule has 0 aromatic heterocycles. The zero-order valence-electron chi connectivity index (χ0n) is 32.8. The molecule has 1 heterocycles. The first-order valence-electron chi connectivity index (χ1n) is 18.5. The first-order chi connectivity index (χ1) is 24.1. The van der Waals surface area contributed by atoms with Crippen molar-refractivity contribution in [2.75, 3.05) is 20.1 Å². The fourth-order valence-electron chi connectivity index (χ4n) is 5.09. The largest absolute Gasteiger partial charge is 0.355 e. The van der Waals surface area contributed by atoms with E-state index in [1.54, 1.807) is 11.0 Å². The Balaban J connectivity index is -0.00000117. The smallest absolute Gasteiger partial charge is 0.315 e. The highest BCUT2D eigenvalue weighted by Gasteiger charge is 2.42. The second-order valence-electron chi connectivity index (χ2n) is 11.3. The minimum atomic E-state index is -0.750. The van der Waals surface area contributed by atoms with E-state index in [4.69, 9.17) is 6.42 Å². The highest BCUT2D eigenvalue weighted by molar-refractivity contribution is 5.94. The Morgan fingerprint density at radius 2 is 1.54 bits per heavy atom. The minimum Gasteiger partial charge on any atom is -0.355 e. The lowest BCUT2D eigenvalue weighted by molar-refractivity contribution is -0.141. The quantitative estimate of drug-likeness (QED) is 0.0870. The number of ketones is 1. The molecule has 1 fully saturated rings. The van der Waals surface area contributed by atoms with Crippen LogP contribution in [0.1, 0.15) is 118 Å². The Kier molecular flexibility index (Phi) is 33.5. The molecule has 5 amide bonds. The van der Waals surface area contributed by atoms with Crippen LogP contribution in [-0.4, -0.2) is 73.2 Å². The van der Waals surface area contributed by atoms with E-state index in [9.17, 15) is 24.0 Å². The van der Waals surface area contributed by atoms with Crippen molar-refractivity contribution in [1.82, 2.24) is 26.2 Å². The van der Waals surface area contributed by atoms with Crippen molar-refractivity contribution in [2.24, 2.45) is 5.92 Å². The third-order valence-electron chi connectivity index (χ3n) is 7.14. The van der Waals surface area contributed by atoms with Gasteiger partial charge in [-0.1, -0.05) is 98.6 Å². The van der Waals surface area contributed by atoms with Gasteiger partial charge in [0.1, 0.15) is 12.1 Å². The van der Waals surface area contributed by atoms with Crippen molar-refractivity contribution in [3.05, 3.63) is 48.0 Å². The molecule has 10 heteroatoms. The SMILES string of the molecule is C#CCCCC(NC(=O)C1CCCN1C(=O)C(NC(=O)NC)C1Cc2ccccc2C1)C(C)=O.C=CCNC=O.CC.CC.CCC.CCC. The average Bonchev–Trinajstić information content (AvgIpc) is 3.80. The van der Waals surface area contributed by atoms with Crippen molar-refractivity contribution < 1.29 is 24.0 Å². The number of urea groups is 1.